The number of hydrogen-bond acceptors (Lipinski definition) is 3. The molecule has 0 bridgehead atoms. The molecule has 18 heavy (non-hydrogen) atoms. The minimum Gasteiger partial charge on any atom is -0.475 e. The van der Waals surface area contributed by atoms with E-state index < -0.39 is 5.97 Å². The Hall–Kier alpha value is -1.78. The summed E-state index contributed by atoms with van der Waals surface area (Å²) in [6, 6.07) is 2.95. The van der Waals surface area contributed by atoms with Crippen LogP contribution in [0.1, 0.15) is 48.4 Å². The first-order chi connectivity index (χ1) is 8.65. The Morgan fingerprint density at radius 2 is 2.17 bits per heavy atom. The second-order valence-electron chi connectivity index (χ2n) is 4.68. The van der Waals surface area contributed by atoms with Crippen molar-refractivity contribution in [3.8, 4) is 0 Å². The zero-order valence-electron chi connectivity index (χ0n) is 10.1. The molecule has 0 atom stereocenters. The molecule has 5 heteroatoms. The molecule has 1 fully saturated rings. The van der Waals surface area contributed by atoms with Gasteiger partial charge in [-0.2, -0.15) is 0 Å². The van der Waals surface area contributed by atoms with Crippen molar-refractivity contribution in [2.24, 2.45) is 5.92 Å². The standard InChI is InChI=1S/C13H17NO4/c15-12(7-4-9-2-1-3-9)14-8-10-5-6-11(18-10)13(16)17/h5-6,9H,1-4,7-8H2,(H,14,15)(H,16,17). The number of aromatic carboxylic acids is 1. The molecule has 5 nitrogen and oxygen atoms in total. The van der Waals surface area contributed by atoms with E-state index in [0.29, 0.717) is 12.2 Å². The molecule has 1 heterocycles. The van der Waals surface area contributed by atoms with Crippen LogP contribution in [0.5, 0.6) is 0 Å². The Labute approximate surface area is 105 Å². The summed E-state index contributed by atoms with van der Waals surface area (Å²) >= 11 is 0. The van der Waals surface area contributed by atoms with Crippen LogP contribution in [0, 0.1) is 5.92 Å². The van der Waals surface area contributed by atoms with E-state index in [-0.39, 0.29) is 18.2 Å². The molecule has 1 saturated carbocycles. The highest BCUT2D eigenvalue weighted by Crippen LogP contribution is 2.30. The molecule has 1 amide bonds. The van der Waals surface area contributed by atoms with Crippen LogP contribution in [0.3, 0.4) is 0 Å². The number of carboxylic acid groups (broad SMARTS) is 1. The quantitative estimate of drug-likeness (QED) is 0.812. The summed E-state index contributed by atoms with van der Waals surface area (Å²) in [6.45, 7) is 0.247. The first-order valence-corrected chi connectivity index (χ1v) is 6.24. The van der Waals surface area contributed by atoms with Gasteiger partial charge in [-0.3, -0.25) is 4.79 Å². The monoisotopic (exact) mass is 251 g/mol. The van der Waals surface area contributed by atoms with Crippen LogP contribution in [0.15, 0.2) is 16.5 Å². The lowest BCUT2D eigenvalue weighted by atomic mass is 9.82. The van der Waals surface area contributed by atoms with Gasteiger partial charge in [-0.15, -0.1) is 0 Å². The van der Waals surface area contributed by atoms with Crippen molar-refractivity contribution < 1.29 is 19.1 Å². The lowest BCUT2D eigenvalue weighted by Gasteiger charge is -2.24. The van der Waals surface area contributed by atoms with E-state index in [1.807, 2.05) is 0 Å². The van der Waals surface area contributed by atoms with Crippen molar-refractivity contribution in [1.29, 1.82) is 0 Å². The van der Waals surface area contributed by atoms with Gasteiger partial charge in [0.1, 0.15) is 5.76 Å². The van der Waals surface area contributed by atoms with Gasteiger partial charge < -0.3 is 14.8 Å². The van der Waals surface area contributed by atoms with Crippen molar-refractivity contribution in [2.75, 3.05) is 0 Å². The van der Waals surface area contributed by atoms with Gasteiger partial charge in [-0.1, -0.05) is 19.3 Å². The van der Waals surface area contributed by atoms with Crippen LogP contribution in [0.4, 0.5) is 0 Å². The molecule has 1 aliphatic rings. The third-order valence-corrected chi connectivity index (χ3v) is 3.34. The number of carboxylic acids is 1. The fourth-order valence-electron chi connectivity index (χ4n) is 1.98. The second kappa shape index (κ2) is 5.71. The average molecular weight is 251 g/mol. The summed E-state index contributed by atoms with van der Waals surface area (Å²) in [5.41, 5.74) is 0. The summed E-state index contributed by atoms with van der Waals surface area (Å²) in [5, 5.41) is 11.4. The SMILES string of the molecule is O=C(CCC1CCC1)NCc1ccc(C(=O)O)o1. The molecule has 0 saturated heterocycles. The largest absolute Gasteiger partial charge is 0.475 e. The maximum absolute atomic E-state index is 11.5. The van der Waals surface area contributed by atoms with Gasteiger partial charge in [-0.25, -0.2) is 4.79 Å². The van der Waals surface area contributed by atoms with Gasteiger partial charge >= 0.3 is 5.97 Å². The lowest BCUT2D eigenvalue weighted by molar-refractivity contribution is -0.121. The molecule has 0 spiro atoms. The zero-order valence-corrected chi connectivity index (χ0v) is 10.1. The van der Waals surface area contributed by atoms with Gasteiger partial charge in [0.05, 0.1) is 6.54 Å². The van der Waals surface area contributed by atoms with E-state index in [4.69, 9.17) is 9.52 Å². The Bertz CT molecular complexity index is 434. The van der Waals surface area contributed by atoms with Gasteiger partial charge in [0.15, 0.2) is 0 Å². The summed E-state index contributed by atoms with van der Waals surface area (Å²) < 4.78 is 5.04. The molecule has 0 radical (unpaired) electrons. The highest BCUT2D eigenvalue weighted by atomic mass is 16.4. The third kappa shape index (κ3) is 3.35. The number of nitrogens with one attached hydrogen (secondary N) is 1. The molecule has 1 aromatic rings. The third-order valence-electron chi connectivity index (χ3n) is 3.34. The van der Waals surface area contributed by atoms with Crippen molar-refractivity contribution >= 4 is 11.9 Å². The summed E-state index contributed by atoms with van der Waals surface area (Å²) in [5.74, 6) is -0.0242. The van der Waals surface area contributed by atoms with Crippen molar-refractivity contribution in [3.63, 3.8) is 0 Å². The molecule has 2 rings (SSSR count). The number of carbonyl (C=O) groups is 2. The Balaban J connectivity index is 1.69. The van der Waals surface area contributed by atoms with Gasteiger partial charge in [-0.05, 0) is 24.5 Å². The van der Waals surface area contributed by atoms with E-state index in [0.717, 1.165) is 12.3 Å². The highest BCUT2D eigenvalue weighted by molar-refractivity contribution is 5.84. The molecule has 0 aliphatic heterocycles. The van der Waals surface area contributed by atoms with Gasteiger partial charge in [0.25, 0.3) is 0 Å². The van der Waals surface area contributed by atoms with E-state index in [1.54, 1.807) is 6.07 Å². The van der Waals surface area contributed by atoms with Gasteiger partial charge in [0, 0.05) is 6.42 Å². The zero-order chi connectivity index (χ0) is 13.0. The van der Waals surface area contributed by atoms with Crippen molar-refractivity contribution in [2.45, 2.75) is 38.6 Å². The molecule has 0 aromatic carbocycles. The number of furan rings is 1. The maximum Gasteiger partial charge on any atom is 0.371 e. The van der Waals surface area contributed by atoms with E-state index in [9.17, 15) is 9.59 Å². The fraction of sp³-hybridized carbons (Fsp3) is 0.538. The van der Waals surface area contributed by atoms with Crippen LogP contribution < -0.4 is 5.32 Å². The number of hydrogen-bond donors (Lipinski definition) is 2. The smallest absolute Gasteiger partial charge is 0.371 e. The van der Waals surface area contributed by atoms with Crippen molar-refractivity contribution in [1.82, 2.24) is 5.32 Å². The number of rotatable bonds is 6. The van der Waals surface area contributed by atoms with Crippen LogP contribution in [-0.4, -0.2) is 17.0 Å². The Morgan fingerprint density at radius 1 is 1.39 bits per heavy atom. The van der Waals surface area contributed by atoms with E-state index in [1.165, 1.54) is 25.3 Å². The molecular weight excluding hydrogens is 234 g/mol. The number of amides is 1. The highest BCUT2D eigenvalue weighted by Gasteiger charge is 2.18. The molecule has 1 aromatic heterocycles. The molecule has 0 unspecified atom stereocenters. The lowest BCUT2D eigenvalue weighted by Crippen LogP contribution is -2.24. The summed E-state index contributed by atoms with van der Waals surface area (Å²) in [4.78, 5) is 22.1. The Kier molecular flexibility index (Phi) is 4.02. The molecule has 98 valence electrons. The molecule has 1 aliphatic carbocycles. The summed E-state index contributed by atoms with van der Waals surface area (Å²) in [7, 11) is 0. The number of carbonyl (C=O) groups excluding carboxylic acids is 1. The van der Waals surface area contributed by atoms with E-state index in [2.05, 4.69) is 5.32 Å². The predicted molar refractivity (Wildman–Crippen MR) is 64.1 cm³/mol. The van der Waals surface area contributed by atoms with Crippen LogP contribution in [-0.2, 0) is 11.3 Å². The van der Waals surface area contributed by atoms with Crippen LogP contribution in [0.2, 0.25) is 0 Å². The normalized spacial score (nSPS) is 15.1. The maximum atomic E-state index is 11.5. The second-order valence-corrected chi connectivity index (χ2v) is 4.68. The first kappa shape index (κ1) is 12.7. The first-order valence-electron chi connectivity index (χ1n) is 6.24. The van der Waals surface area contributed by atoms with Crippen molar-refractivity contribution in [3.05, 3.63) is 23.7 Å². The minimum absolute atomic E-state index is 0.00447. The minimum atomic E-state index is -1.10. The van der Waals surface area contributed by atoms with Crippen LogP contribution in [0.25, 0.3) is 0 Å². The molecular formula is C13H17NO4. The fourth-order valence-corrected chi connectivity index (χ4v) is 1.98. The molecule has 2 N–H and O–H groups in total. The topological polar surface area (TPSA) is 79.5 Å². The summed E-state index contributed by atoms with van der Waals surface area (Å²) in [6.07, 6.45) is 5.26. The van der Waals surface area contributed by atoms with E-state index >= 15 is 0 Å². The Morgan fingerprint density at radius 3 is 2.72 bits per heavy atom. The van der Waals surface area contributed by atoms with Gasteiger partial charge in [0.2, 0.25) is 11.7 Å². The average Bonchev–Trinajstić information content (AvgIpc) is 2.73. The van der Waals surface area contributed by atoms with Crippen LogP contribution >= 0.6 is 0 Å². The predicted octanol–water partition coefficient (Wildman–Crippen LogP) is 2.17.